The molecule has 1 unspecified atom stereocenters. The molecular formula is C18H27ClN2. The van der Waals surface area contributed by atoms with Gasteiger partial charge in [0.2, 0.25) is 0 Å². The lowest BCUT2D eigenvalue weighted by molar-refractivity contribution is 0.0829. The molecule has 0 spiro atoms. The van der Waals surface area contributed by atoms with Crippen LogP contribution in [-0.2, 0) is 6.42 Å². The summed E-state index contributed by atoms with van der Waals surface area (Å²) in [5.41, 5.74) is 3.30. The number of hydrogen-bond acceptors (Lipinski definition) is 2. The second-order valence-electron chi connectivity index (χ2n) is 6.00. The highest BCUT2D eigenvalue weighted by atomic mass is 35.5. The van der Waals surface area contributed by atoms with Crippen LogP contribution in [0.3, 0.4) is 0 Å². The number of hydrogen-bond donors (Lipinski definition) is 1. The van der Waals surface area contributed by atoms with Gasteiger partial charge in [0.25, 0.3) is 0 Å². The van der Waals surface area contributed by atoms with E-state index in [4.69, 9.17) is 11.6 Å². The molecule has 116 valence electrons. The van der Waals surface area contributed by atoms with Gasteiger partial charge in [-0.1, -0.05) is 61.9 Å². The van der Waals surface area contributed by atoms with Crippen LogP contribution in [0.2, 0.25) is 0 Å². The lowest BCUT2D eigenvalue weighted by Gasteiger charge is -2.47. The van der Waals surface area contributed by atoms with Crippen molar-refractivity contribution in [3.05, 3.63) is 47.5 Å². The predicted molar refractivity (Wildman–Crippen MR) is 91.8 cm³/mol. The van der Waals surface area contributed by atoms with E-state index in [0.717, 1.165) is 26.1 Å². The van der Waals surface area contributed by atoms with Crippen molar-refractivity contribution in [2.75, 3.05) is 19.6 Å². The second kappa shape index (κ2) is 7.98. The summed E-state index contributed by atoms with van der Waals surface area (Å²) in [6.07, 6.45) is 5.49. The van der Waals surface area contributed by atoms with Gasteiger partial charge in [-0.25, -0.2) is 0 Å². The third-order valence-electron chi connectivity index (χ3n) is 4.83. The van der Waals surface area contributed by atoms with E-state index < -0.39 is 0 Å². The van der Waals surface area contributed by atoms with Gasteiger partial charge in [0.1, 0.15) is 0 Å². The van der Waals surface area contributed by atoms with Gasteiger partial charge in [0.15, 0.2) is 0 Å². The molecule has 0 bridgehead atoms. The van der Waals surface area contributed by atoms with Crippen LogP contribution in [0.4, 0.5) is 0 Å². The first-order valence-electron chi connectivity index (χ1n) is 8.01. The average Bonchev–Trinajstić information content (AvgIpc) is 2.55. The minimum Gasteiger partial charge on any atom is -0.308 e. The highest BCUT2D eigenvalue weighted by Crippen LogP contribution is 2.24. The van der Waals surface area contributed by atoms with Crippen LogP contribution < -0.4 is 5.32 Å². The molecule has 1 aromatic carbocycles. The molecule has 1 aliphatic rings. The average molecular weight is 307 g/mol. The van der Waals surface area contributed by atoms with Crippen molar-refractivity contribution >= 4 is 11.6 Å². The summed E-state index contributed by atoms with van der Waals surface area (Å²) in [6.45, 7) is 7.64. The van der Waals surface area contributed by atoms with Gasteiger partial charge < -0.3 is 5.32 Å². The minimum absolute atomic E-state index is 0.257. The van der Waals surface area contributed by atoms with Crippen LogP contribution in [0.15, 0.2) is 41.9 Å². The molecule has 1 aliphatic heterocycles. The number of benzene rings is 1. The highest BCUT2D eigenvalue weighted by Gasteiger charge is 2.36. The first-order valence-corrected chi connectivity index (χ1v) is 8.45. The summed E-state index contributed by atoms with van der Waals surface area (Å²) >= 11 is 5.74. The van der Waals surface area contributed by atoms with Crippen molar-refractivity contribution in [2.24, 2.45) is 0 Å². The molecule has 0 radical (unpaired) electrons. The van der Waals surface area contributed by atoms with Gasteiger partial charge in [-0.15, -0.1) is 0 Å². The standard InChI is InChI=1S/C18H27ClN2/c1-3-18(4-2)15-21(12-8-11-19)17(14-20-18)13-16-9-6-5-7-10-16/h5-11,17,20H,3-4,12-15H2,1-2H3/b11-8+. The zero-order valence-electron chi connectivity index (χ0n) is 13.2. The molecule has 1 heterocycles. The molecular weight excluding hydrogens is 280 g/mol. The fraction of sp³-hybridized carbons (Fsp3) is 0.556. The fourth-order valence-corrected chi connectivity index (χ4v) is 3.32. The summed E-state index contributed by atoms with van der Waals surface area (Å²) < 4.78 is 0. The maximum absolute atomic E-state index is 5.74. The van der Waals surface area contributed by atoms with Gasteiger partial charge >= 0.3 is 0 Å². The monoisotopic (exact) mass is 306 g/mol. The van der Waals surface area contributed by atoms with E-state index in [1.165, 1.54) is 18.4 Å². The Labute approximate surface area is 134 Å². The Morgan fingerprint density at radius 1 is 1.29 bits per heavy atom. The Morgan fingerprint density at radius 3 is 2.62 bits per heavy atom. The summed E-state index contributed by atoms with van der Waals surface area (Å²) in [7, 11) is 0. The van der Waals surface area contributed by atoms with Crippen molar-refractivity contribution in [1.82, 2.24) is 10.2 Å². The zero-order chi connectivity index (χ0) is 15.1. The fourth-order valence-electron chi connectivity index (χ4n) is 3.24. The van der Waals surface area contributed by atoms with E-state index in [9.17, 15) is 0 Å². The molecule has 1 N–H and O–H groups in total. The van der Waals surface area contributed by atoms with Crippen molar-refractivity contribution in [2.45, 2.75) is 44.7 Å². The maximum Gasteiger partial charge on any atom is 0.0304 e. The lowest BCUT2D eigenvalue weighted by atomic mass is 9.87. The van der Waals surface area contributed by atoms with E-state index in [1.807, 2.05) is 0 Å². The Kier molecular flexibility index (Phi) is 6.28. The Bertz CT molecular complexity index is 440. The number of nitrogens with one attached hydrogen (secondary N) is 1. The molecule has 2 rings (SSSR count). The third kappa shape index (κ3) is 4.32. The molecule has 0 aliphatic carbocycles. The zero-order valence-corrected chi connectivity index (χ0v) is 13.9. The Hall–Kier alpha value is -0.830. The van der Waals surface area contributed by atoms with Gasteiger partial charge in [-0.2, -0.15) is 0 Å². The molecule has 0 amide bonds. The normalized spacial score (nSPS) is 22.7. The molecule has 3 heteroatoms. The van der Waals surface area contributed by atoms with Crippen molar-refractivity contribution in [1.29, 1.82) is 0 Å². The van der Waals surface area contributed by atoms with Crippen molar-refractivity contribution in [3.8, 4) is 0 Å². The van der Waals surface area contributed by atoms with Gasteiger partial charge in [-0.3, -0.25) is 4.90 Å². The largest absolute Gasteiger partial charge is 0.308 e. The topological polar surface area (TPSA) is 15.3 Å². The smallest absolute Gasteiger partial charge is 0.0304 e. The summed E-state index contributed by atoms with van der Waals surface area (Å²) in [5.74, 6) is 0. The predicted octanol–water partition coefficient (Wildman–Crippen LogP) is 3.81. The van der Waals surface area contributed by atoms with Crippen molar-refractivity contribution in [3.63, 3.8) is 0 Å². The van der Waals surface area contributed by atoms with Crippen LogP contribution >= 0.6 is 11.6 Å². The summed E-state index contributed by atoms with van der Waals surface area (Å²) in [5, 5.41) is 3.81. The molecule has 1 atom stereocenters. The summed E-state index contributed by atoms with van der Waals surface area (Å²) in [4.78, 5) is 2.58. The van der Waals surface area contributed by atoms with Crippen LogP contribution in [0, 0.1) is 0 Å². The quantitative estimate of drug-likeness (QED) is 0.859. The Morgan fingerprint density at radius 2 is 2.00 bits per heavy atom. The van der Waals surface area contributed by atoms with Crippen LogP contribution in [0.5, 0.6) is 0 Å². The molecule has 1 fully saturated rings. The van der Waals surface area contributed by atoms with Crippen LogP contribution in [-0.4, -0.2) is 36.1 Å². The van der Waals surface area contributed by atoms with E-state index in [1.54, 1.807) is 5.54 Å². The molecule has 0 saturated carbocycles. The van der Waals surface area contributed by atoms with Gasteiger partial charge in [0, 0.05) is 36.8 Å². The maximum atomic E-state index is 5.74. The van der Waals surface area contributed by atoms with Crippen LogP contribution in [0.25, 0.3) is 0 Å². The van der Waals surface area contributed by atoms with E-state index in [0.29, 0.717) is 6.04 Å². The first-order chi connectivity index (χ1) is 10.2. The SMILES string of the molecule is CCC1(CC)CN(C/C=C/Cl)C(Cc2ccccc2)CN1. The molecule has 2 nitrogen and oxygen atoms in total. The number of halogens is 1. The Balaban J connectivity index is 2.08. The number of rotatable bonds is 6. The number of nitrogens with zero attached hydrogens (tertiary/aromatic N) is 1. The second-order valence-corrected chi connectivity index (χ2v) is 6.25. The molecule has 1 saturated heterocycles. The third-order valence-corrected chi connectivity index (χ3v) is 5.01. The number of piperazine rings is 1. The van der Waals surface area contributed by atoms with Gasteiger partial charge in [-0.05, 0) is 24.8 Å². The van der Waals surface area contributed by atoms with Crippen LogP contribution in [0.1, 0.15) is 32.3 Å². The molecule has 21 heavy (non-hydrogen) atoms. The molecule has 1 aromatic rings. The first kappa shape index (κ1) is 16.5. The van der Waals surface area contributed by atoms with Gasteiger partial charge in [0.05, 0.1) is 0 Å². The molecule has 0 aromatic heterocycles. The van der Waals surface area contributed by atoms with E-state index in [-0.39, 0.29) is 5.54 Å². The summed E-state index contributed by atoms with van der Waals surface area (Å²) in [6, 6.07) is 11.3. The minimum atomic E-state index is 0.257. The lowest BCUT2D eigenvalue weighted by Crippen LogP contribution is -2.64. The van der Waals surface area contributed by atoms with Crippen molar-refractivity contribution < 1.29 is 0 Å². The van der Waals surface area contributed by atoms with E-state index in [2.05, 4.69) is 60.5 Å². The highest BCUT2D eigenvalue weighted by molar-refractivity contribution is 6.25. The van der Waals surface area contributed by atoms with E-state index >= 15 is 0 Å².